The van der Waals surface area contributed by atoms with Gasteiger partial charge >= 0.3 is 0 Å². The average molecular weight is 327 g/mol. The maximum atomic E-state index is 13.0. The molecule has 1 saturated heterocycles. The first-order valence-electron chi connectivity index (χ1n) is 8.25. The largest absolute Gasteiger partial charge is 0.337 e. The molecule has 4 nitrogen and oxygen atoms in total. The number of fused-ring (bicyclic) bond motifs is 1. The summed E-state index contributed by atoms with van der Waals surface area (Å²) in [5, 5.41) is 4.42. The third-order valence-corrected chi connectivity index (χ3v) is 6.05. The van der Waals surface area contributed by atoms with Crippen LogP contribution in [0.15, 0.2) is 41.6 Å². The molecule has 0 spiro atoms. The summed E-state index contributed by atoms with van der Waals surface area (Å²) in [6, 6.07) is 8.67. The third-order valence-electron chi connectivity index (χ3n) is 4.74. The zero-order valence-corrected chi connectivity index (χ0v) is 14.1. The van der Waals surface area contributed by atoms with Gasteiger partial charge in [0.1, 0.15) is 0 Å². The maximum absolute atomic E-state index is 13.0. The van der Waals surface area contributed by atoms with E-state index in [0.717, 1.165) is 32.4 Å². The smallest absolute Gasteiger partial charge is 0.236 e. The Morgan fingerprint density at radius 2 is 2.26 bits per heavy atom. The van der Waals surface area contributed by atoms with E-state index < -0.39 is 0 Å². The van der Waals surface area contributed by atoms with Gasteiger partial charge in [-0.2, -0.15) is 5.10 Å². The molecule has 1 amide bonds. The Labute approximate surface area is 140 Å². The van der Waals surface area contributed by atoms with Crippen LogP contribution in [0.25, 0.3) is 0 Å². The number of rotatable bonds is 3. The Kier molecular flexibility index (Phi) is 3.89. The van der Waals surface area contributed by atoms with E-state index in [9.17, 15) is 4.79 Å². The predicted molar refractivity (Wildman–Crippen MR) is 91.5 cm³/mol. The minimum absolute atomic E-state index is 0.0485. The van der Waals surface area contributed by atoms with Crippen molar-refractivity contribution in [3.63, 3.8) is 0 Å². The lowest BCUT2D eigenvalue weighted by Crippen LogP contribution is -2.42. The summed E-state index contributed by atoms with van der Waals surface area (Å²) >= 11 is 1.73. The summed E-state index contributed by atoms with van der Waals surface area (Å²) in [6.45, 7) is 3.74. The minimum atomic E-state index is 0.0485. The Bertz CT molecular complexity index is 702. The van der Waals surface area contributed by atoms with Crippen molar-refractivity contribution in [2.75, 3.05) is 6.54 Å². The van der Waals surface area contributed by atoms with Gasteiger partial charge in [-0.05, 0) is 43.4 Å². The van der Waals surface area contributed by atoms with Crippen molar-refractivity contribution in [3.8, 4) is 0 Å². The van der Waals surface area contributed by atoms with Crippen LogP contribution in [0.3, 0.4) is 0 Å². The van der Waals surface area contributed by atoms with Gasteiger partial charge in [0.2, 0.25) is 5.91 Å². The molecular formula is C18H21N3OS. The van der Waals surface area contributed by atoms with Crippen molar-refractivity contribution in [2.45, 2.75) is 48.9 Å². The van der Waals surface area contributed by atoms with Crippen LogP contribution in [0.4, 0.5) is 0 Å². The van der Waals surface area contributed by atoms with Crippen molar-refractivity contribution in [3.05, 3.63) is 47.8 Å². The summed E-state index contributed by atoms with van der Waals surface area (Å²) in [5.41, 5.74) is 2.48. The van der Waals surface area contributed by atoms with E-state index in [4.69, 9.17) is 0 Å². The van der Waals surface area contributed by atoms with E-state index in [-0.39, 0.29) is 11.3 Å². The van der Waals surface area contributed by atoms with Crippen molar-refractivity contribution in [2.24, 2.45) is 0 Å². The lowest BCUT2D eigenvalue weighted by atomic mass is 10.1. The molecule has 0 saturated carbocycles. The summed E-state index contributed by atoms with van der Waals surface area (Å²) in [6.07, 6.45) is 6.98. The lowest BCUT2D eigenvalue weighted by molar-refractivity contribution is -0.131. The Morgan fingerprint density at radius 1 is 1.39 bits per heavy atom. The van der Waals surface area contributed by atoms with Gasteiger partial charge in [-0.15, -0.1) is 11.8 Å². The molecule has 5 heteroatoms. The molecule has 2 aliphatic heterocycles. The van der Waals surface area contributed by atoms with Crippen LogP contribution in [-0.4, -0.2) is 38.4 Å². The second-order valence-electron chi connectivity index (χ2n) is 6.49. The molecule has 120 valence electrons. The lowest BCUT2D eigenvalue weighted by Gasteiger charge is -2.27. The van der Waals surface area contributed by atoms with E-state index in [2.05, 4.69) is 40.5 Å². The minimum Gasteiger partial charge on any atom is -0.337 e. The van der Waals surface area contributed by atoms with Crippen LogP contribution in [-0.2, 0) is 17.8 Å². The van der Waals surface area contributed by atoms with E-state index in [1.807, 2.05) is 17.8 Å². The topological polar surface area (TPSA) is 38.1 Å². The van der Waals surface area contributed by atoms with Gasteiger partial charge in [-0.25, -0.2) is 0 Å². The molecular weight excluding hydrogens is 306 g/mol. The molecule has 3 heterocycles. The number of amides is 1. The summed E-state index contributed by atoms with van der Waals surface area (Å²) < 4.78 is 1.97. The molecule has 4 rings (SSSR count). The molecule has 23 heavy (non-hydrogen) atoms. The zero-order chi connectivity index (χ0) is 15.8. The van der Waals surface area contributed by atoms with Crippen molar-refractivity contribution in [1.82, 2.24) is 14.7 Å². The second kappa shape index (κ2) is 6.04. The molecule has 0 unspecified atom stereocenters. The number of nitrogens with zero attached hydrogens (tertiary/aromatic N) is 3. The number of benzene rings is 1. The predicted octanol–water partition coefficient (Wildman–Crippen LogP) is 2.90. The molecule has 1 aromatic heterocycles. The average Bonchev–Trinajstić information content (AvgIpc) is 3.26. The van der Waals surface area contributed by atoms with Crippen LogP contribution in [0, 0.1) is 6.92 Å². The van der Waals surface area contributed by atoms with Gasteiger partial charge < -0.3 is 4.90 Å². The number of carbonyl (C=O) groups excluding carboxylic acids is 1. The fourth-order valence-corrected chi connectivity index (χ4v) is 4.87. The number of carbonyl (C=O) groups is 1. The van der Waals surface area contributed by atoms with E-state index in [1.54, 1.807) is 11.8 Å². The Hall–Kier alpha value is -1.75. The number of likely N-dealkylation sites (tertiary alicyclic amines) is 1. The molecule has 0 bridgehead atoms. The standard InChI is InChI=1S/C18H21N3OS/c1-13-10-19-20(11-13)12-15-6-4-8-21(15)18(22)17-9-14-5-2-3-7-16(14)23-17/h2-3,5,7,10-11,15,17H,4,6,8-9,12H2,1H3/t15-,17-/m0/s1. The van der Waals surface area contributed by atoms with Gasteiger partial charge in [0.05, 0.1) is 24.0 Å². The van der Waals surface area contributed by atoms with Crippen LogP contribution in [0.2, 0.25) is 0 Å². The number of hydrogen-bond acceptors (Lipinski definition) is 3. The number of thioether (sulfide) groups is 1. The first kappa shape index (κ1) is 14.8. The van der Waals surface area contributed by atoms with Crippen LogP contribution < -0.4 is 0 Å². The highest BCUT2D eigenvalue weighted by Gasteiger charge is 2.36. The van der Waals surface area contributed by atoms with Crippen LogP contribution in [0.1, 0.15) is 24.0 Å². The van der Waals surface area contributed by atoms with Gasteiger partial charge in [-0.3, -0.25) is 9.48 Å². The third kappa shape index (κ3) is 2.90. The number of hydrogen-bond donors (Lipinski definition) is 0. The van der Waals surface area contributed by atoms with Crippen molar-refractivity contribution in [1.29, 1.82) is 0 Å². The molecule has 2 atom stereocenters. The fourth-order valence-electron chi connectivity index (χ4n) is 3.60. The second-order valence-corrected chi connectivity index (χ2v) is 7.73. The summed E-state index contributed by atoms with van der Waals surface area (Å²) in [7, 11) is 0. The van der Waals surface area contributed by atoms with Gasteiger partial charge in [0.25, 0.3) is 0 Å². The highest BCUT2D eigenvalue weighted by atomic mass is 32.2. The van der Waals surface area contributed by atoms with Gasteiger partial charge in [0.15, 0.2) is 0 Å². The first-order valence-corrected chi connectivity index (χ1v) is 9.13. The molecule has 1 fully saturated rings. The molecule has 2 aromatic rings. The monoisotopic (exact) mass is 327 g/mol. The van der Waals surface area contributed by atoms with E-state index >= 15 is 0 Å². The fraction of sp³-hybridized carbons (Fsp3) is 0.444. The molecule has 2 aliphatic rings. The van der Waals surface area contributed by atoms with Crippen LogP contribution in [0.5, 0.6) is 0 Å². The van der Waals surface area contributed by atoms with Gasteiger partial charge in [-0.1, -0.05) is 18.2 Å². The molecule has 1 aromatic carbocycles. The Balaban J connectivity index is 1.45. The summed E-state index contributed by atoms with van der Waals surface area (Å²) in [4.78, 5) is 16.4. The van der Waals surface area contributed by atoms with Crippen molar-refractivity contribution < 1.29 is 4.79 Å². The van der Waals surface area contributed by atoms with Crippen molar-refractivity contribution >= 4 is 17.7 Å². The summed E-state index contributed by atoms with van der Waals surface area (Å²) in [5.74, 6) is 0.303. The van der Waals surface area contributed by atoms with E-state index in [0.29, 0.717) is 5.91 Å². The quantitative estimate of drug-likeness (QED) is 0.870. The normalized spacial score (nSPS) is 23.3. The van der Waals surface area contributed by atoms with Gasteiger partial charge in [0, 0.05) is 17.6 Å². The maximum Gasteiger partial charge on any atom is 0.236 e. The number of aromatic nitrogens is 2. The SMILES string of the molecule is Cc1cnn(C[C@@H]2CCCN2C(=O)[C@@H]2Cc3ccccc3S2)c1. The first-order chi connectivity index (χ1) is 11.2. The van der Waals surface area contributed by atoms with Crippen LogP contribution >= 0.6 is 11.8 Å². The zero-order valence-electron chi connectivity index (χ0n) is 13.3. The molecule has 0 N–H and O–H groups in total. The highest BCUT2D eigenvalue weighted by Crippen LogP contribution is 2.38. The molecule has 0 radical (unpaired) electrons. The Morgan fingerprint density at radius 3 is 3.04 bits per heavy atom. The molecule has 0 aliphatic carbocycles. The number of aryl methyl sites for hydroxylation is 1. The van der Waals surface area contributed by atoms with E-state index in [1.165, 1.54) is 16.0 Å². The highest BCUT2D eigenvalue weighted by molar-refractivity contribution is 8.01.